The molecule has 1 aliphatic heterocycles. The van der Waals surface area contributed by atoms with Gasteiger partial charge in [-0.25, -0.2) is 0 Å². The number of hydrogen-bond acceptors (Lipinski definition) is 3. The van der Waals surface area contributed by atoms with Gasteiger partial charge < -0.3 is 14.8 Å². The molecule has 0 aromatic heterocycles. The van der Waals surface area contributed by atoms with Gasteiger partial charge in [0.15, 0.2) is 6.29 Å². The summed E-state index contributed by atoms with van der Waals surface area (Å²) in [5, 5.41) is 2.90. The van der Waals surface area contributed by atoms with E-state index in [2.05, 4.69) is 5.32 Å². The van der Waals surface area contributed by atoms with Gasteiger partial charge in [-0.2, -0.15) is 0 Å². The number of carbonyl (C=O) groups is 1. The van der Waals surface area contributed by atoms with Crippen LogP contribution in [0.4, 0.5) is 5.69 Å². The number of carbonyl (C=O) groups excluding carboxylic acids is 1. The van der Waals surface area contributed by atoms with Gasteiger partial charge in [0.1, 0.15) is 0 Å². The van der Waals surface area contributed by atoms with Crippen LogP contribution in [0.1, 0.15) is 39.0 Å². The molecule has 1 fully saturated rings. The first-order chi connectivity index (χ1) is 8.94. The Bertz CT molecular complexity index is 428. The maximum atomic E-state index is 11.8. The van der Waals surface area contributed by atoms with Crippen LogP contribution in [0.2, 0.25) is 0 Å². The molecule has 0 radical (unpaired) electrons. The highest BCUT2D eigenvalue weighted by molar-refractivity contribution is 5.91. The molecular formula is C15H21NO3. The lowest BCUT2D eigenvalue weighted by Crippen LogP contribution is -2.19. The smallest absolute Gasteiger partial charge is 0.224 e. The van der Waals surface area contributed by atoms with E-state index in [1.54, 1.807) is 0 Å². The lowest BCUT2D eigenvalue weighted by Gasteiger charge is -2.17. The Kier molecular flexibility index (Phi) is 4.22. The fourth-order valence-electron chi connectivity index (χ4n) is 1.96. The highest BCUT2D eigenvalue weighted by atomic mass is 16.7. The first-order valence-corrected chi connectivity index (χ1v) is 6.57. The second kappa shape index (κ2) is 5.72. The number of nitrogens with one attached hydrogen (secondary N) is 1. The van der Waals surface area contributed by atoms with Crippen molar-refractivity contribution in [2.24, 2.45) is 5.41 Å². The Hall–Kier alpha value is -1.39. The zero-order chi connectivity index (χ0) is 13.9. The Morgan fingerprint density at radius 3 is 2.32 bits per heavy atom. The molecule has 4 heteroatoms. The molecule has 0 bridgehead atoms. The number of benzene rings is 1. The van der Waals surface area contributed by atoms with Crippen molar-refractivity contribution < 1.29 is 14.3 Å². The molecule has 0 unspecified atom stereocenters. The van der Waals surface area contributed by atoms with Crippen LogP contribution < -0.4 is 5.32 Å². The van der Waals surface area contributed by atoms with Crippen LogP contribution in [0.25, 0.3) is 0 Å². The van der Waals surface area contributed by atoms with Gasteiger partial charge in [-0.1, -0.05) is 32.9 Å². The molecule has 1 aliphatic rings. The van der Waals surface area contributed by atoms with Crippen molar-refractivity contribution in [1.82, 2.24) is 0 Å². The Balaban J connectivity index is 1.93. The van der Waals surface area contributed by atoms with Gasteiger partial charge in [-0.15, -0.1) is 0 Å². The lowest BCUT2D eigenvalue weighted by molar-refractivity contribution is -0.117. The van der Waals surface area contributed by atoms with Gasteiger partial charge in [0.25, 0.3) is 0 Å². The van der Waals surface area contributed by atoms with Crippen molar-refractivity contribution in [1.29, 1.82) is 0 Å². The molecule has 0 spiro atoms. The van der Waals surface area contributed by atoms with E-state index in [4.69, 9.17) is 9.47 Å². The maximum absolute atomic E-state index is 11.8. The first kappa shape index (κ1) is 14.0. The Morgan fingerprint density at radius 1 is 1.21 bits per heavy atom. The fourth-order valence-corrected chi connectivity index (χ4v) is 1.96. The Morgan fingerprint density at radius 2 is 1.79 bits per heavy atom. The van der Waals surface area contributed by atoms with Crippen LogP contribution in [-0.2, 0) is 14.3 Å². The zero-order valence-corrected chi connectivity index (χ0v) is 11.7. The molecule has 0 aliphatic carbocycles. The topological polar surface area (TPSA) is 47.6 Å². The molecule has 1 aromatic rings. The quantitative estimate of drug-likeness (QED) is 0.911. The van der Waals surface area contributed by atoms with Gasteiger partial charge in [0, 0.05) is 17.7 Å². The highest BCUT2D eigenvalue weighted by Crippen LogP contribution is 2.25. The van der Waals surface area contributed by atoms with Gasteiger partial charge >= 0.3 is 0 Å². The van der Waals surface area contributed by atoms with E-state index < -0.39 is 0 Å². The molecule has 1 saturated heterocycles. The van der Waals surface area contributed by atoms with E-state index in [1.165, 1.54) is 0 Å². The van der Waals surface area contributed by atoms with Crippen molar-refractivity contribution >= 4 is 11.6 Å². The molecule has 4 nitrogen and oxygen atoms in total. The molecule has 0 saturated carbocycles. The van der Waals surface area contributed by atoms with Crippen molar-refractivity contribution in [2.45, 2.75) is 33.5 Å². The van der Waals surface area contributed by atoms with E-state index >= 15 is 0 Å². The third kappa shape index (κ3) is 4.33. The molecule has 1 heterocycles. The summed E-state index contributed by atoms with van der Waals surface area (Å²) >= 11 is 0. The van der Waals surface area contributed by atoms with Gasteiger partial charge in [-0.05, 0) is 17.5 Å². The van der Waals surface area contributed by atoms with Crippen LogP contribution in [0.15, 0.2) is 24.3 Å². The van der Waals surface area contributed by atoms with E-state index in [9.17, 15) is 4.79 Å². The summed E-state index contributed by atoms with van der Waals surface area (Å²) in [6, 6.07) is 7.59. The van der Waals surface area contributed by atoms with Crippen LogP contribution in [0, 0.1) is 5.41 Å². The maximum Gasteiger partial charge on any atom is 0.224 e. The van der Waals surface area contributed by atoms with Gasteiger partial charge in [0.2, 0.25) is 5.91 Å². The number of amides is 1. The van der Waals surface area contributed by atoms with Crippen molar-refractivity contribution in [3.63, 3.8) is 0 Å². The number of rotatable bonds is 3. The molecule has 1 aromatic carbocycles. The van der Waals surface area contributed by atoms with Crippen LogP contribution >= 0.6 is 0 Å². The summed E-state index contributed by atoms with van der Waals surface area (Å²) in [6.07, 6.45) is 0.239. The summed E-state index contributed by atoms with van der Waals surface area (Å²) in [6.45, 7) is 7.41. The molecule has 0 atom stereocenters. The minimum atomic E-state index is -0.265. The second-order valence-electron chi connectivity index (χ2n) is 5.98. The summed E-state index contributed by atoms with van der Waals surface area (Å²) in [7, 11) is 0. The second-order valence-corrected chi connectivity index (χ2v) is 5.98. The highest BCUT2D eigenvalue weighted by Gasteiger charge is 2.18. The number of hydrogen-bond donors (Lipinski definition) is 1. The summed E-state index contributed by atoms with van der Waals surface area (Å²) < 4.78 is 10.8. The molecule has 1 amide bonds. The molecule has 19 heavy (non-hydrogen) atoms. The van der Waals surface area contributed by atoms with Gasteiger partial charge in [0.05, 0.1) is 13.2 Å². The third-order valence-electron chi connectivity index (χ3n) is 2.78. The molecule has 2 rings (SSSR count). The van der Waals surface area contributed by atoms with E-state index in [-0.39, 0.29) is 17.6 Å². The zero-order valence-electron chi connectivity index (χ0n) is 11.7. The van der Waals surface area contributed by atoms with E-state index in [1.807, 2.05) is 45.0 Å². The van der Waals surface area contributed by atoms with Crippen LogP contribution in [-0.4, -0.2) is 19.1 Å². The lowest BCUT2D eigenvalue weighted by atomic mass is 9.92. The Labute approximate surface area is 114 Å². The standard InChI is InChI=1S/C15H21NO3/c1-15(2,3)10-13(17)16-12-6-4-11(5-7-12)14-18-8-9-19-14/h4-7,14H,8-10H2,1-3H3,(H,16,17). The SMILES string of the molecule is CC(C)(C)CC(=O)Nc1ccc(C2OCCO2)cc1. The van der Waals surface area contributed by atoms with E-state index in [0.29, 0.717) is 19.6 Å². The molecular weight excluding hydrogens is 242 g/mol. The largest absolute Gasteiger partial charge is 0.346 e. The summed E-state index contributed by atoms with van der Waals surface area (Å²) in [4.78, 5) is 11.8. The van der Waals surface area contributed by atoms with Crippen LogP contribution in [0.5, 0.6) is 0 Å². The average molecular weight is 263 g/mol. The molecule has 104 valence electrons. The molecule has 1 N–H and O–H groups in total. The van der Waals surface area contributed by atoms with Crippen LogP contribution in [0.3, 0.4) is 0 Å². The predicted octanol–water partition coefficient (Wildman–Crippen LogP) is 3.11. The van der Waals surface area contributed by atoms with Crippen molar-refractivity contribution in [3.8, 4) is 0 Å². The van der Waals surface area contributed by atoms with Gasteiger partial charge in [-0.3, -0.25) is 4.79 Å². The fraction of sp³-hybridized carbons (Fsp3) is 0.533. The van der Waals surface area contributed by atoms with Crippen molar-refractivity contribution in [2.75, 3.05) is 18.5 Å². The van der Waals surface area contributed by atoms with E-state index in [0.717, 1.165) is 11.3 Å². The third-order valence-corrected chi connectivity index (χ3v) is 2.78. The first-order valence-electron chi connectivity index (χ1n) is 6.57. The minimum Gasteiger partial charge on any atom is -0.346 e. The monoisotopic (exact) mass is 263 g/mol. The predicted molar refractivity (Wildman–Crippen MR) is 73.8 cm³/mol. The summed E-state index contributed by atoms with van der Waals surface area (Å²) in [5.74, 6) is 0.0358. The minimum absolute atomic E-state index is 0.00441. The van der Waals surface area contributed by atoms with Crippen molar-refractivity contribution in [3.05, 3.63) is 29.8 Å². The number of anilines is 1. The average Bonchev–Trinajstić information content (AvgIpc) is 2.80. The summed E-state index contributed by atoms with van der Waals surface area (Å²) in [5.41, 5.74) is 1.78. The number of ether oxygens (including phenoxy) is 2. The normalized spacial score (nSPS) is 16.6.